The molecule has 0 saturated carbocycles. The maximum atomic E-state index is 12.1. The van der Waals surface area contributed by atoms with Gasteiger partial charge in [0.2, 0.25) is 11.7 Å². The lowest BCUT2D eigenvalue weighted by atomic mass is 10.1. The Hall–Kier alpha value is -3.22. The van der Waals surface area contributed by atoms with Crippen LogP contribution in [0.15, 0.2) is 60.7 Å². The number of nitrogens with zero attached hydrogens (tertiary/aromatic N) is 4. The standard InChI is InChI=1S/C18H19N5O2/c1-14(15-8-4-2-5-9-15)19-18(24)12-23-21-17(20-22-23)13-25-16-10-6-3-7-11-16/h2-11,14H,12-13H2,1H3,(H,19,24)/t14-/m0/s1. The summed E-state index contributed by atoms with van der Waals surface area (Å²) in [5, 5.41) is 14.8. The van der Waals surface area contributed by atoms with Gasteiger partial charge in [-0.2, -0.15) is 4.80 Å². The minimum Gasteiger partial charge on any atom is -0.485 e. The minimum absolute atomic E-state index is 0.00944. The second-order valence-corrected chi connectivity index (χ2v) is 5.54. The first kappa shape index (κ1) is 16.6. The molecular formula is C18H19N5O2. The summed E-state index contributed by atoms with van der Waals surface area (Å²) in [7, 11) is 0. The SMILES string of the molecule is C[C@H](NC(=O)Cn1nnc(COc2ccccc2)n1)c1ccccc1. The van der Waals surface area contributed by atoms with Gasteiger partial charge in [0.15, 0.2) is 6.61 Å². The highest BCUT2D eigenvalue weighted by Gasteiger charge is 2.12. The van der Waals surface area contributed by atoms with Gasteiger partial charge in [0.05, 0.1) is 6.04 Å². The van der Waals surface area contributed by atoms with Gasteiger partial charge in [0.25, 0.3) is 0 Å². The van der Waals surface area contributed by atoms with Gasteiger partial charge >= 0.3 is 0 Å². The molecule has 7 nitrogen and oxygen atoms in total. The van der Waals surface area contributed by atoms with E-state index in [2.05, 4.69) is 20.7 Å². The van der Waals surface area contributed by atoms with Crippen LogP contribution in [0.2, 0.25) is 0 Å². The molecule has 0 bridgehead atoms. The van der Waals surface area contributed by atoms with E-state index in [0.717, 1.165) is 11.3 Å². The van der Waals surface area contributed by atoms with Crippen molar-refractivity contribution >= 4 is 5.91 Å². The zero-order valence-corrected chi connectivity index (χ0v) is 13.9. The number of benzene rings is 2. The number of nitrogens with one attached hydrogen (secondary N) is 1. The molecule has 3 rings (SSSR count). The lowest BCUT2D eigenvalue weighted by molar-refractivity contribution is -0.122. The van der Waals surface area contributed by atoms with Gasteiger partial charge in [-0.15, -0.1) is 10.2 Å². The van der Waals surface area contributed by atoms with Crippen LogP contribution >= 0.6 is 0 Å². The summed E-state index contributed by atoms with van der Waals surface area (Å²) in [5.41, 5.74) is 1.04. The summed E-state index contributed by atoms with van der Waals surface area (Å²) in [6.07, 6.45) is 0. The van der Waals surface area contributed by atoms with Crippen LogP contribution in [0.4, 0.5) is 0 Å². The van der Waals surface area contributed by atoms with E-state index in [0.29, 0.717) is 5.82 Å². The lowest BCUT2D eigenvalue weighted by Crippen LogP contribution is -2.30. The molecular weight excluding hydrogens is 318 g/mol. The zero-order chi connectivity index (χ0) is 17.5. The Morgan fingerprint density at radius 3 is 2.52 bits per heavy atom. The molecule has 0 spiro atoms. The fourth-order valence-electron chi connectivity index (χ4n) is 2.31. The number of hydrogen-bond donors (Lipinski definition) is 1. The van der Waals surface area contributed by atoms with Crippen LogP contribution in [0.25, 0.3) is 0 Å². The Balaban J connectivity index is 1.50. The average Bonchev–Trinajstić information content (AvgIpc) is 3.08. The van der Waals surface area contributed by atoms with Crippen LogP contribution in [0.1, 0.15) is 24.4 Å². The van der Waals surface area contributed by atoms with E-state index in [1.165, 1.54) is 4.80 Å². The van der Waals surface area contributed by atoms with Crippen LogP contribution in [0.3, 0.4) is 0 Å². The van der Waals surface area contributed by atoms with Gasteiger partial charge in [-0.25, -0.2) is 0 Å². The smallest absolute Gasteiger partial charge is 0.244 e. The number of para-hydroxylation sites is 1. The minimum atomic E-state index is -0.177. The molecule has 1 heterocycles. The van der Waals surface area contributed by atoms with Crippen molar-refractivity contribution in [2.75, 3.05) is 0 Å². The topological polar surface area (TPSA) is 81.9 Å². The zero-order valence-electron chi connectivity index (χ0n) is 13.9. The van der Waals surface area contributed by atoms with E-state index in [-0.39, 0.29) is 25.1 Å². The van der Waals surface area contributed by atoms with Gasteiger partial charge in [-0.05, 0) is 29.8 Å². The van der Waals surface area contributed by atoms with Crippen molar-refractivity contribution in [2.45, 2.75) is 26.1 Å². The Morgan fingerprint density at radius 1 is 1.12 bits per heavy atom. The van der Waals surface area contributed by atoms with Crippen LogP contribution in [-0.2, 0) is 17.9 Å². The number of amides is 1. The van der Waals surface area contributed by atoms with Gasteiger partial charge < -0.3 is 10.1 Å². The number of carbonyl (C=O) groups is 1. The van der Waals surface area contributed by atoms with Gasteiger partial charge in [-0.1, -0.05) is 48.5 Å². The average molecular weight is 337 g/mol. The fourth-order valence-corrected chi connectivity index (χ4v) is 2.31. The molecule has 128 valence electrons. The second kappa shape index (κ2) is 8.05. The number of ether oxygens (including phenoxy) is 1. The molecule has 3 aromatic rings. The first-order chi connectivity index (χ1) is 12.2. The molecule has 0 aliphatic rings. The van der Waals surface area contributed by atoms with Gasteiger partial charge in [0.1, 0.15) is 12.3 Å². The number of rotatable bonds is 7. The highest BCUT2D eigenvalue weighted by atomic mass is 16.5. The number of hydrogen-bond acceptors (Lipinski definition) is 5. The summed E-state index contributed by atoms with van der Waals surface area (Å²) in [6, 6.07) is 19.1. The number of carbonyl (C=O) groups excluding carboxylic acids is 1. The Bertz CT molecular complexity index is 805. The van der Waals surface area contributed by atoms with Crippen molar-refractivity contribution in [2.24, 2.45) is 0 Å². The molecule has 7 heteroatoms. The molecule has 0 aliphatic heterocycles. The third kappa shape index (κ3) is 4.87. The maximum absolute atomic E-state index is 12.1. The van der Waals surface area contributed by atoms with Crippen LogP contribution in [0.5, 0.6) is 5.75 Å². The first-order valence-corrected chi connectivity index (χ1v) is 7.99. The van der Waals surface area contributed by atoms with Crippen molar-refractivity contribution in [3.8, 4) is 5.75 Å². The van der Waals surface area contributed by atoms with Crippen LogP contribution < -0.4 is 10.1 Å². The Morgan fingerprint density at radius 2 is 1.80 bits per heavy atom. The summed E-state index contributed by atoms with van der Waals surface area (Å²) in [4.78, 5) is 13.4. The Labute approximate surface area is 145 Å². The van der Waals surface area contributed by atoms with E-state index < -0.39 is 0 Å². The van der Waals surface area contributed by atoms with Gasteiger partial charge in [-0.3, -0.25) is 4.79 Å². The maximum Gasteiger partial charge on any atom is 0.244 e. The molecule has 0 saturated heterocycles. The molecule has 1 atom stereocenters. The van der Waals surface area contributed by atoms with E-state index in [4.69, 9.17) is 4.74 Å². The lowest BCUT2D eigenvalue weighted by Gasteiger charge is -2.13. The fraction of sp³-hybridized carbons (Fsp3) is 0.222. The summed E-state index contributed by atoms with van der Waals surface area (Å²) < 4.78 is 5.55. The number of tetrazole rings is 1. The molecule has 1 amide bonds. The van der Waals surface area contributed by atoms with E-state index in [9.17, 15) is 4.79 Å². The Kier molecular flexibility index (Phi) is 5.36. The molecule has 1 N–H and O–H groups in total. The molecule has 0 aliphatic carbocycles. The summed E-state index contributed by atoms with van der Waals surface area (Å²) in [6.45, 7) is 2.14. The predicted octanol–water partition coefficient (Wildman–Crippen LogP) is 2.13. The van der Waals surface area contributed by atoms with E-state index in [1.54, 1.807) is 0 Å². The van der Waals surface area contributed by atoms with Crippen LogP contribution in [0, 0.1) is 0 Å². The third-order valence-electron chi connectivity index (χ3n) is 3.57. The van der Waals surface area contributed by atoms with Crippen molar-refractivity contribution < 1.29 is 9.53 Å². The monoisotopic (exact) mass is 337 g/mol. The van der Waals surface area contributed by atoms with Gasteiger partial charge in [0, 0.05) is 0 Å². The second-order valence-electron chi connectivity index (χ2n) is 5.54. The molecule has 2 aromatic carbocycles. The molecule has 0 fully saturated rings. The summed E-state index contributed by atoms with van der Waals surface area (Å²) in [5.74, 6) is 0.977. The van der Waals surface area contributed by atoms with Crippen molar-refractivity contribution in [1.29, 1.82) is 0 Å². The van der Waals surface area contributed by atoms with Crippen molar-refractivity contribution in [1.82, 2.24) is 25.5 Å². The quantitative estimate of drug-likeness (QED) is 0.714. The summed E-state index contributed by atoms with van der Waals surface area (Å²) >= 11 is 0. The molecule has 0 unspecified atom stereocenters. The third-order valence-corrected chi connectivity index (χ3v) is 3.57. The van der Waals surface area contributed by atoms with E-state index in [1.807, 2.05) is 67.6 Å². The molecule has 0 radical (unpaired) electrons. The molecule has 25 heavy (non-hydrogen) atoms. The highest BCUT2D eigenvalue weighted by molar-refractivity contribution is 5.75. The normalized spacial score (nSPS) is 11.7. The number of aromatic nitrogens is 4. The predicted molar refractivity (Wildman–Crippen MR) is 91.6 cm³/mol. The molecule has 1 aromatic heterocycles. The van der Waals surface area contributed by atoms with Crippen LogP contribution in [-0.4, -0.2) is 26.1 Å². The first-order valence-electron chi connectivity index (χ1n) is 7.99. The largest absolute Gasteiger partial charge is 0.485 e. The van der Waals surface area contributed by atoms with E-state index >= 15 is 0 Å². The highest BCUT2D eigenvalue weighted by Crippen LogP contribution is 2.11. The van der Waals surface area contributed by atoms with Crippen molar-refractivity contribution in [3.63, 3.8) is 0 Å². The van der Waals surface area contributed by atoms with Crippen molar-refractivity contribution in [3.05, 3.63) is 72.1 Å².